The molecule has 0 saturated carbocycles. The molecule has 0 aliphatic carbocycles. The molecule has 0 aliphatic rings. The zero-order valence-corrected chi connectivity index (χ0v) is 22.6. The number of nitrogens with zero attached hydrogens (tertiary/aromatic N) is 1. The summed E-state index contributed by atoms with van der Waals surface area (Å²) in [5, 5.41) is 16.7. The Kier molecular flexibility index (Phi) is 14.9. The maximum Gasteiger partial charge on any atom is 0.326 e. The van der Waals surface area contributed by atoms with Gasteiger partial charge in [0.05, 0.1) is 6.04 Å². The van der Waals surface area contributed by atoms with Crippen molar-refractivity contribution in [2.24, 2.45) is 33.7 Å². The van der Waals surface area contributed by atoms with Crippen LogP contribution in [0, 0.1) is 0 Å². The smallest absolute Gasteiger partial charge is 0.326 e. The molecule has 0 saturated heterocycles. The lowest BCUT2D eigenvalue weighted by molar-refractivity contribution is -0.142. The number of nitrogens with two attached hydrogens (primary N) is 5. The lowest BCUT2D eigenvalue weighted by Gasteiger charge is -2.25. The van der Waals surface area contributed by atoms with Gasteiger partial charge in [-0.3, -0.25) is 29.0 Å². The fourth-order valence-corrected chi connectivity index (χ4v) is 3.66. The van der Waals surface area contributed by atoms with E-state index in [2.05, 4.69) is 20.9 Å². The molecule has 0 bridgehead atoms. The molecule has 16 heteroatoms. The molecule has 0 radical (unpaired) electrons. The number of hydrogen-bond acceptors (Lipinski definition) is 8. The van der Waals surface area contributed by atoms with Crippen LogP contribution in [-0.4, -0.2) is 77.3 Å². The largest absolute Gasteiger partial charge is 0.480 e. The number of nitrogens with one attached hydrogen (secondary N) is 3. The summed E-state index contributed by atoms with van der Waals surface area (Å²) < 4.78 is 0. The van der Waals surface area contributed by atoms with Gasteiger partial charge in [0.15, 0.2) is 5.96 Å². The predicted molar refractivity (Wildman–Crippen MR) is 148 cm³/mol. The van der Waals surface area contributed by atoms with E-state index in [0.717, 1.165) is 5.56 Å². The molecule has 5 amide bonds. The quantitative estimate of drug-likeness (QED) is 0.0447. The third-order valence-corrected chi connectivity index (χ3v) is 5.82. The number of primary amides is 2. The van der Waals surface area contributed by atoms with Gasteiger partial charge in [-0.25, -0.2) is 4.79 Å². The molecule has 1 aromatic rings. The first-order valence-electron chi connectivity index (χ1n) is 12.9. The zero-order valence-electron chi connectivity index (χ0n) is 22.6. The second-order valence-electron chi connectivity index (χ2n) is 9.28. The van der Waals surface area contributed by atoms with E-state index in [1.54, 1.807) is 30.3 Å². The third kappa shape index (κ3) is 14.3. The van der Waals surface area contributed by atoms with Gasteiger partial charge in [0.2, 0.25) is 29.5 Å². The molecule has 0 spiro atoms. The Morgan fingerprint density at radius 1 is 0.732 bits per heavy atom. The molecule has 0 aliphatic heterocycles. The number of carbonyl (C=O) groups is 6. The molecule has 0 heterocycles. The summed E-state index contributed by atoms with van der Waals surface area (Å²) in [4.78, 5) is 77.1. The number of carboxylic acids is 1. The fourth-order valence-electron chi connectivity index (χ4n) is 3.66. The molecule has 226 valence electrons. The number of carboxylic acid groups (broad SMARTS) is 1. The Bertz CT molecular complexity index is 1090. The predicted octanol–water partition coefficient (Wildman–Crippen LogP) is -3.32. The number of amides is 5. The van der Waals surface area contributed by atoms with Gasteiger partial charge in [0.1, 0.15) is 18.1 Å². The summed E-state index contributed by atoms with van der Waals surface area (Å²) in [6.07, 6.45) is -0.722. The van der Waals surface area contributed by atoms with Crippen molar-refractivity contribution in [2.75, 3.05) is 6.54 Å². The van der Waals surface area contributed by atoms with Gasteiger partial charge in [-0.1, -0.05) is 30.3 Å². The first kappa shape index (κ1) is 34.3. The minimum atomic E-state index is -1.40. The SMILES string of the molecule is NC(=O)CCC(NC(=O)C(N)Cc1ccccc1)C(=O)NC(CCC(N)=O)C(=O)NC(CCCN=C(N)N)C(=O)O. The number of carbonyl (C=O) groups excluding carboxylic acids is 5. The Morgan fingerprint density at radius 2 is 1.22 bits per heavy atom. The van der Waals surface area contributed by atoms with E-state index < -0.39 is 59.7 Å². The van der Waals surface area contributed by atoms with Crippen molar-refractivity contribution in [3.63, 3.8) is 0 Å². The van der Waals surface area contributed by atoms with E-state index in [1.807, 2.05) is 0 Å². The Balaban J connectivity index is 3.01. The van der Waals surface area contributed by atoms with Crippen LogP contribution in [0.25, 0.3) is 0 Å². The summed E-state index contributed by atoms with van der Waals surface area (Å²) in [5.74, 6) is -5.50. The van der Waals surface area contributed by atoms with Crippen LogP contribution in [0.3, 0.4) is 0 Å². The second-order valence-corrected chi connectivity index (χ2v) is 9.28. The van der Waals surface area contributed by atoms with Gasteiger partial charge >= 0.3 is 5.97 Å². The summed E-state index contributed by atoms with van der Waals surface area (Å²) in [7, 11) is 0. The number of guanidine groups is 1. The van der Waals surface area contributed by atoms with Gasteiger partial charge < -0.3 is 49.7 Å². The van der Waals surface area contributed by atoms with E-state index >= 15 is 0 Å². The van der Waals surface area contributed by atoms with Crippen molar-refractivity contribution < 1.29 is 33.9 Å². The summed E-state index contributed by atoms with van der Waals surface area (Å²) in [6, 6.07) is 3.79. The lowest BCUT2D eigenvalue weighted by Crippen LogP contribution is -2.57. The first-order valence-corrected chi connectivity index (χ1v) is 12.9. The maximum absolute atomic E-state index is 13.2. The van der Waals surface area contributed by atoms with E-state index in [9.17, 15) is 33.9 Å². The van der Waals surface area contributed by atoms with Crippen molar-refractivity contribution in [1.82, 2.24) is 16.0 Å². The lowest BCUT2D eigenvalue weighted by atomic mass is 10.0. The minimum absolute atomic E-state index is 0.0368. The van der Waals surface area contributed by atoms with Crippen LogP contribution in [0.2, 0.25) is 0 Å². The van der Waals surface area contributed by atoms with Gasteiger partial charge in [-0.15, -0.1) is 0 Å². The number of aliphatic carboxylic acids is 1. The number of hydrogen-bond donors (Lipinski definition) is 9. The molecular weight excluding hydrogens is 538 g/mol. The highest BCUT2D eigenvalue weighted by Crippen LogP contribution is 2.07. The summed E-state index contributed by atoms with van der Waals surface area (Å²) in [6.45, 7) is 0.122. The molecular formula is C25H39N9O7. The molecule has 14 N–H and O–H groups in total. The van der Waals surface area contributed by atoms with E-state index in [1.165, 1.54) is 0 Å². The average Bonchev–Trinajstić information content (AvgIpc) is 2.90. The molecule has 16 nitrogen and oxygen atoms in total. The van der Waals surface area contributed by atoms with Crippen LogP contribution >= 0.6 is 0 Å². The van der Waals surface area contributed by atoms with Crippen LogP contribution in [0.4, 0.5) is 0 Å². The summed E-state index contributed by atoms with van der Waals surface area (Å²) >= 11 is 0. The van der Waals surface area contributed by atoms with Crippen molar-refractivity contribution in [3.8, 4) is 0 Å². The Labute approximate surface area is 236 Å². The molecule has 1 aromatic carbocycles. The second kappa shape index (κ2) is 17.8. The van der Waals surface area contributed by atoms with E-state index in [-0.39, 0.29) is 57.5 Å². The van der Waals surface area contributed by atoms with Crippen molar-refractivity contribution in [1.29, 1.82) is 0 Å². The van der Waals surface area contributed by atoms with E-state index in [4.69, 9.17) is 28.7 Å². The maximum atomic E-state index is 13.2. The van der Waals surface area contributed by atoms with Crippen LogP contribution < -0.4 is 44.6 Å². The Morgan fingerprint density at radius 3 is 1.68 bits per heavy atom. The minimum Gasteiger partial charge on any atom is -0.480 e. The normalized spacial score (nSPS) is 13.5. The number of rotatable bonds is 19. The van der Waals surface area contributed by atoms with Crippen molar-refractivity contribution in [2.45, 2.75) is 69.1 Å². The van der Waals surface area contributed by atoms with Gasteiger partial charge in [-0.2, -0.15) is 0 Å². The monoisotopic (exact) mass is 577 g/mol. The van der Waals surface area contributed by atoms with E-state index in [0.29, 0.717) is 0 Å². The first-order chi connectivity index (χ1) is 19.3. The molecule has 0 aromatic heterocycles. The highest BCUT2D eigenvalue weighted by atomic mass is 16.4. The van der Waals surface area contributed by atoms with Crippen molar-refractivity contribution in [3.05, 3.63) is 35.9 Å². The van der Waals surface area contributed by atoms with Crippen LogP contribution in [0.15, 0.2) is 35.3 Å². The van der Waals surface area contributed by atoms with Gasteiger partial charge in [-0.05, 0) is 37.7 Å². The number of benzene rings is 1. The van der Waals surface area contributed by atoms with Crippen LogP contribution in [0.5, 0.6) is 0 Å². The standard InChI is InChI=1S/C25H39N9O7/c26-15(13-14-5-2-1-3-6-14)21(37)32-16(8-10-19(27)35)22(38)33-17(9-11-20(28)36)23(39)34-18(24(40)41)7-4-12-31-25(29)30/h1-3,5-6,15-18H,4,7-13,26H2,(H2,27,35)(H2,28,36)(H,32,37)(H,33,38)(H,34,39)(H,40,41)(H4,29,30,31). The molecule has 4 unspecified atom stereocenters. The Hall–Kier alpha value is -4.73. The molecule has 41 heavy (non-hydrogen) atoms. The van der Waals surface area contributed by atoms with Crippen molar-refractivity contribution >= 4 is 41.5 Å². The number of aliphatic imine (C=N–C) groups is 1. The fraction of sp³-hybridized carbons (Fsp3) is 0.480. The van der Waals surface area contributed by atoms with Crippen LogP contribution in [-0.2, 0) is 35.2 Å². The van der Waals surface area contributed by atoms with Gasteiger partial charge in [0, 0.05) is 19.4 Å². The molecule has 4 atom stereocenters. The molecule has 1 rings (SSSR count). The zero-order chi connectivity index (χ0) is 30.9. The topological polar surface area (TPSA) is 301 Å². The van der Waals surface area contributed by atoms with Gasteiger partial charge in [0.25, 0.3) is 0 Å². The highest BCUT2D eigenvalue weighted by molar-refractivity contribution is 5.94. The summed E-state index contributed by atoms with van der Waals surface area (Å²) in [5.41, 5.74) is 27.7. The average molecular weight is 578 g/mol. The third-order valence-electron chi connectivity index (χ3n) is 5.82. The highest BCUT2D eigenvalue weighted by Gasteiger charge is 2.30. The van der Waals surface area contributed by atoms with Crippen LogP contribution in [0.1, 0.15) is 44.1 Å². The molecule has 0 fully saturated rings.